The van der Waals surface area contributed by atoms with Gasteiger partial charge in [-0.3, -0.25) is 0 Å². The molecule has 0 saturated heterocycles. The van der Waals surface area contributed by atoms with E-state index in [-0.39, 0.29) is 0 Å². The van der Waals surface area contributed by atoms with Crippen LogP contribution in [0, 0.1) is 6.92 Å². The van der Waals surface area contributed by atoms with Gasteiger partial charge in [-0.15, -0.1) is 0 Å². The lowest BCUT2D eigenvalue weighted by atomic mass is 10.1. The molecule has 2 heterocycles. The van der Waals surface area contributed by atoms with Gasteiger partial charge in [0.1, 0.15) is 12.7 Å². The Labute approximate surface area is 117 Å². The van der Waals surface area contributed by atoms with E-state index in [9.17, 15) is 0 Å². The summed E-state index contributed by atoms with van der Waals surface area (Å²) < 4.78 is 1.63. The minimum absolute atomic E-state index is 0.754. The Kier molecular flexibility index (Phi) is 3.41. The summed E-state index contributed by atoms with van der Waals surface area (Å²) in [5, 5.41) is 7.41. The molecule has 0 aliphatic rings. The van der Waals surface area contributed by atoms with Crippen molar-refractivity contribution >= 4 is 5.69 Å². The third-order valence-electron chi connectivity index (χ3n) is 3.15. The summed E-state index contributed by atoms with van der Waals surface area (Å²) in [7, 11) is 0. The van der Waals surface area contributed by atoms with Crippen LogP contribution in [0.3, 0.4) is 0 Å². The van der Waals surface area contributed by atoms with Crippen LogP contribution in [0.5, 0.6) is 0 Å². The summed E-state index contributed by atoms with van der Waals surface area (Å²) in [6.45, 7) is 2.90. The van der Waals surface area contributed by atoms with Crippen LogP contribution in [0.1, 0.15) is 11.1 Å². The van der Waals surface area contributed by atoms with Crippen LogP contribution in [0.15, 0.2) is 55.2 Å². The Hall–Kier alpha value is -2.69. The van der Waals surface area contributed by atoms with Crippen molar-refractivity contribution in [3.63, 3.8) is 0 Å². The lowest BCUT2D eigenvalue weighted by molar-refractivity contribution is 0.845. The second-order valence-corrected chi connectivity index (χ2v) is 4.53. The second-order valence-electron chi connectivity index (χ2n) is 4.53. The summed E-state index contributed by atoms with van der Waals surface area (Å²) >= 11 is 0. The van der Waals surface area contributed by atoms with E-state index in [0.717, 1.165) is 18.1 Å². The number of hydrogen-bond acceptors (Lipinski definition) is 4. The van der Waals surface area contributed by atoms with Crippen molar-refractivity contribution in [1.29, 1.82) is 0 Å². The van der Waals surface area contributed by atoms with E-state index in [1.807, 2.05) is 18.2 Å². The first-order valence-corrected chi connectivity index (χ1v) is 6.42. The van der Waals surface area contributed by atoms with Crippen molar-refractivity contribution in [2.75, 3.05) is 5.32 Å². The van der Waals surface area contributed by atoms with Crippen LogP contribution in [0.25, 0.3) is 5.82 Å². The van der Waals surface area contributed by atoms with Gasteiger partial charge >= 0.3 is 0 Å². The van der Waals surface area contributed by atoms with Crippen molar-refractivity contribution in [3.05, 3.63) is 66.4 Å². The number of anilines is 1. The van der Waals surface area contributed by atoms with Crippen molar-refractivity contribution in [3.8, 4) is 5.82 Å². The molecule has 2 aromatic heterocycles. The van der Waals surface area contributed by atoms with E-state index >= 15 is 0 Å². The number of hydrogen-bond donors (Lipinski definition) is 1. The molecule has 1 aromatic carbocycles. The van der Waals surface area contributed by atoms with Gasteiger partial charge in [-0.1, -0.05) is 24.3 Å². The monoisotopic (exact) mass is 265 g/mol. The van der Waals surface area contributed by atoms with E-state index in [1.165, 1.54) is 17.5 Å². The van der Waals surface area contributed by atoms with Crippen molar-refractivity contribution in [1.82, 2.24) is 19.7 Å². The SMILES string of the molecule is Cc1ccccc1CNc1ccc(-n2cncn2)nc1. The van der Waals surface area contributed by atoms with Gasteiger partial charge in [0.05, 0.1) is 11.9 Å². The first-order chi connectivity index (χ1) is 9.83. The molecule has 0 aliphatic carbocycles. The predicted molar refractivity (Wildman–Crippen MR) is 77.7 cm³/mol. The molecule has 1 N–H and O–H groups in total. The predicted octanol–water partition coefficient (Wildman–Crippen LogP) is 2.58. The lowest BCUT2D eigenvalue weighted by Crippen LogP contribution is -2.03. The molecule has 0 radical (unpaired) electrons. The number of aromatic nitrogens is 4. The van der Waals surface area contributed by atoms with E-state index in [2.05, 4.69) is 45.5 Å². The minimum atomic E-state index is 0.754. The van der Waals surface area contributed by atoms with Crippen molar-refractivity contribution < 1.29 is 0 Å². The van der Waals surface area contributed by atoms with Crippen LogP contribution < -0.4 is 5.32 Å². The van der Waals surface area contributed by atoms with E-state index in [0.29, 0.717) is 0 Å². The van der Waals surface area contributed by atoms with Gasteiger partial charge in [-0.05, 0) is 30.2 Å². The van der Waals surface area contributed by atoms with E-state index in [4.69, 9.17) is 0 Å². The lowest BCUT2D eigenvalue weighted by Gasteiger charge is -2.09. The number of benzene rings is 1. The number of pyridine rings is 1. The molecule has 5 heteroatoms. The highest BCUT2D eigenvalue weighted by Crippen LogP contribution is 2.12. The second kappa shape index (κ2) is 5.52. The molecule has 20 heavy (non-hydrogen) atoms. The van der Waals surface area contributed by atoms with Crippen LogP contribution in [0.2, 0.25) is 0 Å². The van der Waals surface area contributed by atoms with Gasteiger partial charge in [-0.2, -0.15) is 5.10 Å². The van der Waals surface area contributed by atoms with E-state index < -0.39 is 0 Å². The van der Waals surface area contributed by atoms with Gasteiger partial charge in [0.2, 0.25) is 0 Å². The van der Waals surface area contributed by atoms with Crippen molar-refractivity contribution in [2.24, 2.45) is 0 Å². The largest absolute Gasteiger partial charge is 0.380 e. The Morgan fingerprint density at radius 1 is 1.15 bits per heavy atom. The molecule has 0 aliphatic heterocycles. The number of aryl methyl sites for hydroxylation is 1. The summed E-state index contributed by atoms with van der Waals surface area (Å²) in [5.41, 5.74) is 3.55. The normalized spacial score (nSPS) is 10.4. The molecule has 0 fully saturated rings. The molecule has 0 amide bonds. The summed E-state index contributed by atoms with van der Waals surface area (Å²) in [5.74, 6) is 0.754. The molecule has 0 atom stereocenters. The van der Waals surface area contributed by atoms with Gasteiger partial charge in [0.25, 0.3) is 0 Å². The molecule has 0 bridgehead atoms. The topological polar surface area (TPSA) is 55.6 Å². The fourth-order valence-corrected chi connectivity index (χ4v) is 1.96. The Morgan fingerprint density at radius 2 is 2.05 bits per heavy atom. The maximum atomic E-state index is 4.35. The number of rotatable bonds is 4. The zero-order valence-corrected chi connectivity index (χ0v) is 11.2. The molecule has 0 unspecified atom stereocenters. The summed E-state index contributed by atoms with van der Waals surface area (Å²) in [6, 6.07) is 12.2. The standard InChI is InChI=1S/C15H15N5/c1-12-4-2-3-5-13(12)8-17-14-6-7-15(18-9-14)20-11-16-10-19-20/h2-7,9-11,17H,8H2,1H3. The summed E-state index contributed by atoms with van der Waals surface area (Å²) in [4.78, 5) is 8.26. The zero-order valence-electron chi connectivity index (χ0n) is 11.2. The minimum Gasteiger partial charge on any atom is -0.380 e. The Bertz CT molecular complexity index is 674. The van der Waals surface area contributed by atoms with Gasteiger partial charge in [-0.25, -0.2) is 14.6 Å². The highest BCUT2D eigenvalue weighted by Gasteiger charge is 2.00. The molecular weight excluding hydrogens is 250 g/mol. The molecular formula is C15H15N5. The number of nitrogens with zero attached hydrogens (tertiary/aromatic N) is 4. The van der Waals surface area contributed by atoms with Crippen LogP contribution in [0.4, 0.5) is 5.69 Å². The quantitative estimate of drug-likeness (QED) is 0.787. The van der Waals surface area contributed by atoms with Gasteiger partial charge in [0.15, 0.2) is 5.82 Å². The third-order valence-corrected chi connectivity index (χ3v) is 3.15. The van der Waals surface area contributed by atoms with Crippen LogP contribution in [-0.4, -0.2) is 19.7 Å². The smallest absolute Gasteiger partial charge is 0.155 e. The van der Waals surface area contributed by atoms with E-state index in [1.54, 1.807) is 17.2 Å². The first kappa shape index (κ1) is 12.3. The molecule has 0 spiro atoms. The zero-order chi connectivity index (χ0) is 13.8. The fourth-order valence-electron chi connectivity index (χ4n) is 1.96. The number of nitrogens with one attached hydrogen (secondary N) is 1. The Morgan fingerprint density at radius 3 is 2.75 bits per heavy atom. The summed E-state index contributed by atoms with van der Waals surface area (Å²) in [6.07, 6.45) is 4.92. The third kappa shape index (κ3) is 2.66. The fraction of sp³-hybridized carbons (Fsp3) is 0.133. The average molecular weight is 265 g/mol. The maximum absolute atomic E-state index is 4.35. The maximum Gasteiger partial charge on any atom is 0.155 e. The molecule has 3 aromatic rings. The highest BCUT2D eigenvalue weighted by molar-refractivity contribution is 5.44. The molecule has 100 valence electrons. The van der Waals surface area contributed by atoms with Crippen LogP contribution in [-0.2, 0) is 6.54 Å². The molecule has 5 nitrogen and oxygen atoms in total. The van der Waals surface area contributed by atoms with Gasteiger partial charge < -0.3 is 5.32 Å². The molecule has 0 saturated carbocycles. The first-order valence-electron chi connectivity index (χ1n) is 6.42. The molecule has 3 rings (SSSR count). The van der Waals surface area contributed by atoms with Crippen molar-refractivity contribution in [2.45, 2.75) is 13.5 Å². The van der Waals surface area contributed by atoms with Crippen LogP contribution >= 0.6 is 0 Å². The average Bonchev–Trinajstić information content (AvgIpc) is 3.01. The Balaban J connectivity index is 1.68. The van der Waals surface area contributed by atoms with Gasteiger partial charge in [0, 0.05) is 6.54 Å². The highest BCUT2D eigenvalue weighted by atomic mass is 15.3.